The second kappa shape index (κ2) is 4.55. The molecule has 2 nitrogen and oxygen atoms in total. The van der Waals surface area contributed by atoms with Crippen LogP contribution in [0.3, 0.4) is 0 Å². The van der Waals surface area contributed by atoms with Gasteiger partial charge in [-0.25, -0.2) is 0 Å². The quantitative estimate of drug-likeness (QED) is 0.762. The Balaban J connectivity index is 2.91. The number of benzene rings is 1. The van der Waals surface area contributed by atoms with Gasteiger partial charge < -0.3 is 10.1 Å². The van der Waals surface area contributed by atoms with Crippen molar-refractivity contribution in [2.45, 2.75) is 0 Å². The van der Waals surface area contributed by atoms with Crippen LogP contribution in [0.4, 0.5) is 18.9 Å². The van der Waals surface area contributed by atoms with Crippen LogP contribution in [0.25, 0.3) is 0 Å². The van der Waals surface area contributed by atoms with E-state index in [2.05, 4.69) is 10.1 Å². The third-order valence-corrected chi connectivity index (χ3v) is 1.50. The Morgan fingerprint density at radius 2 is 1.86 bits per heavy atom. The van der Waals surface area contributed by atoms with Crippen molar-refractivity contribution >= 4 is 5.69 Å². The molecule has 0 aliphatic carbocycles. The predicted molar refractivity (Wildman–Crippen MR) is 47.0 cm³/mol. The van der Waals surface area contributed by atoms with Crippen molar-refractivity contribution < 1.29 is 17.9 Å². The van der Waals surface area contributed by atoms with Gasteiger partial charge in [0.25, 0.3) is 0 Å². The summed E-state index contributed by atoms with van der Waals surface area (Å²) in [6, 6.07) is 4.31. The highest BCUT2D eigenvalue weighted by molar-refractivity contribution is 5.56. The minimum Gasteiger partial charge on any atom is -0.426 e. The van der Waals surface area contributed by atoms with E-state index >= 15 is 0 Å². The fourth-order valence-electron chi connectivity index (χ4n) is 0.897. The first kappa shape index (κ1) is 10.4. The molecule has 0 bridgehead atoms. The fourth-order valence-corrected chi connectivity index (χ4v) is 0.897. The second-order valence-corrected chi connectivity index (χ2v) is 2.38. The standard InChI is InChI=1S/C9H8F3NO/c1-13-6-4-2-3-5-7(6)14-9(12)8(10)11/h2-5,13H,1H3. The first-order valence-corrected chi connectivity index (χ1v) is 3.80. The van der Waals surface area contributed by atoms with Gasteiger partial charge in [0.15, 0.2) is 5.75 Å². The van der Waals surface area contributed by atoms with E-state index in [0.29, 0.717) is 5.69 Å². The number of hydrogen-bond donors (Lipinski definition) is 1. The fraction of sp³-hybridized carbons (Fsp3) is 0.111. The number of hydrogen-bond acceptors (Lipinski definition) is 2. The van der Waals surface area contributed by atoms with E-state index in [0.717, 1.165) is 0 Å². The molecule has 0 amide bonds. The van der Waals surface area contributed by atoms with Crippen LogP contribution in [0, 0.1) is 0 Å². The zero-order valence-electron chi connectivity index (χ0n) is 7.35. The number of halogens is 3. The maximum atomic E-state index is 12.4. The summed E-state index contributed by atoms with van der Waals surface area (Å²) in [5, 5.41) is 2.68. The van der Waals surface area contributed by atoms with Crippen LogP contribution >= 0.6 is 0 Å². The molecule has 1 aromatic carbocycles. The second-order valence-electron chi connectivity index (χ2n) is 2.38. The molecule has 0 saturated heterocycles. The van der Waals surface area contributed by atoms with Gasteiger partial charge in [-0.05, 0) is 12.1 Å². The van der Waals surface area contributed by atoms with Crippen molar-refractivity contribution in [2.24, 2.45) is 0 Å². The zero-order chi connectivity index (χ0) is 10.6. The SMILES string of the molecule is CNc1ccccc1OC(F)=C(F)F. The third-order valence-electron chi connectivity index (χ3n) is 1.50. The lowest BCUT2D eigenvalue weighted by atomic mass is 10.3. The summed E-state index contributed by atoms with van der Waals surface area (Å²) >= 11 is 0. The van der Waals surface area contributed by atoms with Crippen molar-refractivity contribution in [1.82, 2.24) is 0 Å². The lowest BCUT2D eigenvalue weighted by Crippen LogP contribution is -1.96. The molecule has 1 N–H and O–H groups in total. The largest absolute Gasteiger partial charge is 0.426 e. The van der Waals surface area contributed by atoms with Crippen LogP contribution in [-0.2, 0) is 0 Å². The van der Waals surface area contributed by atoms with Crippen LogP contribution in [0.15, 0.2) is 36.4 Å². The summed E-state index contributed by atoms with van der Waals surface area (Å²) in [6.07, 6.45) is -2.48. The number of para-hydroxylation sites is 2. The van der Waals surface area contributed by atoms with E-state index in [-0.39, 0.29) is 5.75 Å². The summed E-state index contributed by atoms with van der Waals surface area (Å²) in [4.78, 5) is 0. The Bertz CT molecular complexity index is 348. The van der Waals surface area contributed by atoms with Gasteiger partial charge in [0.1, 0.15) is 0 Å². The van der Waals surface area contributed by atoms with Gasteiger partial charge in [-0.3, -0.25) is 0 Å². The number of ether oxygens (including phenoxy) is 1. The normalized spacial score (nSPS) is 9.43. The smallest absolute Gasteiger partial charge is 0.344 e. The first-order valence-electron chi connectivity index (χ1n) is 3.80. The van der Waals surface area contributed by atoms with E-state index in [9.17, 15) is 13.2 Å². The zero-order valence-corrected chi connectivity index (χ0v) is 7.35. The Morgan fingerprint density at radius 1 is 1.21 bits per heavy atom. The summed E-state index contributed by atoms with van der Waals surface area (Å²) in [6.45, 7) is 0. The van der Waals surface area contributed by atoms with Crippen LogP contribution in [0.5, 0.6) is 5.75 Å². The Morgan fingerprint density at radius 3 is 2.43 bits per heavy atom. The maximum absolute atomic E-state index is 12.4. The summed E-state index contributed by atoms with van der Waals surface area (Å²) in [5.41, 5.74) is 0.434. The van der Waals surface area contributed by atoms with E-state index < -0.39 is 12.1 Å². The Hall–Kier alpha value is -1.65. The van der Waals surface area contributed by atoms with Gasteiger partial charge in [-0.1, -0.05) is 12.1 Å². The average Bonchev–Trinajstić information content (AvgIpc) is 2.18. The molecule has 76 valence electrons. The molecule has 0 saturated carbocycles. The highest BCUT2D eigenvalue weighted by Gasteiger charge is 2.09. The van der Waals surface area contributed by atoms with Crippen molar-refractivity contribution in [3.63, 3.8) is 0 Å². The first-order chi connectivity index (χ1) is 6.65. The number of rotatable bonds is 3. The Labute approximate surface area is 79.0 Å². The van der Waals surface area contributed by atoms with Crippen molar-refractivity contribution in [3.05, 3.63) is 36.4 Å². The van der Waals surface area contributed by atoms with E-state index in [1.807, 2.05) is 0 Å². The molecule has 14 heavy (non-hydrogen) atoms. The highest BCUT2D eigenvalue weighted by Crippen LogP contribution is 2.26. The molecule has 1 rings (SSSR count). The maximum Gasteiger partial charge on any atom is 0.344 e. The van der Waals surface area contributed by atoms with Crippen LogP contribution in [-0.4, -0.2) is 7.05 Å². The topological polar surface area (TPSA) is 21.3 Å². The molecule has 5 heteroatoms. The van der Waals surface area contributed by atoms with Gasteiger partial charge in [0.2, 0.25) is 0 Å². The van der Waals surface area contributed by atoms with Crippen LogP contribution in [0.2, 0.25) is 0 Å². The average molecular weight is 203 g/mol. The van der Waals surface area contributed by atoms with E-state index in [1.54, 1.807) is 25.2 Å². The molecule has 0 radical (unpaired) electrons. The lowest BCUT2D eigenvalue weighted by molar-refractivity contribution is 0.242. The van der Waals surface area contributed by atoms with E-state index in [1.165, 1.54) is 6.07 Å². The molecule has 0 spiro atoms. The summed E-state index contributed by atoms with van der Waals surface area (Å²) < 4.78 is 40.1. The lowest BCUT2D eigenvalue weighted by Gasteiger charge is -2.07. The molecule has 0 atom stereocenters. The predicted octanol–water partition coefficient (Wildman–Crippen LogP) is 3.14. The van der Waals surface area contributed by atoms with Crippen LogP contribution < -0.4 is 10.1 Å². The molecular weight excluding hydrogens is 195 g/mol. The minimum absolute atomic E-state index is 0.0142. The summed E-state index contributed by atoms with van der Waals surface area (Å²) in [7, 11) is 1.58. The molecule has 0 unspecified atom stereocenters. The summed E-state index contributed by atoms with van der Waals surface area (Å²) in [5.74, 6) is 0.0142. The molecule has 0 fully saturated rings. The molecule has 0 aliphatic rings. The highest BCUT2D eigenvalue weighted by atomic mass is 19.3. The Kier molecular flexibility index (Phi) is 3.39. The molecular formula is C9H8F3NO. The van der Waals surface area contributed by atoms with E-state index in [4.69, 9.17) is 0 Å². The van der Waals surface area contributed by atoms with Gasteiger partial charge in [-0.15, -0.1) is 0 Å². The third kappa shape index (κ3) is 2.42. The minimum atomic E-state index is -2.48. The van der Waals surface area contributed by atoms with Gasteiger partial charge >= 0.3 is 12.1 Å². The van der Waals surface area contributed by atoms with Gasteiger partial charge in [0, 0.05) is 7.05 Å². The van der Waals surface area contributed by atoms with Crippen molar-refractivity contribution in [1.29, 1.82) is 0 Å². The molecule has 0 heterocycles. The molecule has 0 aliphatic heterocycles. The van der Waals surface area contributed by atoms with Crippen molar-refractivity contribution in [2.75, 3.05) is 12.4 Å². The number of anilines is 1. The van der Waals surface area contributed by atoms with Crippen LogP contribution in [0.1, 0.15) is 0 Å². The van der Waals surface area contributed by atoms with Gasteiger partial charge in [0.05, 0.1) is 5.69 Å². The number of nitrogens with one attached hydrogen (secondary N) is 1. The monoisotopic (exact) mass is 203 g/mol. The van der Waals surface area contributed by atoms with Crippen molar-refractivity contribution in [3.8, 4) is 5.75 Å². The molecule has 1 aromatic rings. The van der Waals surface area contributed by atoms with Gasteiger partial charge in [-0.2, -0.15) is 13.2 Å². The molecule has 0 aromatic heterocycles.